The van der Waals surface area contributed by atoms with Crippen LogP contribution in [0.25, 0.3) is 10.8 Å². The maximum atomic E-state index is 12.8. The van der Waals surface area contributed by atoms with Crippen molar-refractivity contribution in [1.29, 1.82) is 0 Å². The van der Waals surface area contributed by atoms with Crippen LogP contribution in [0.5, 0.6) is 11.5 Å². The van der Waals surface area contributed by atoms with Crippen molar-refractivity contribution in [2.24, 2.45) is 0 Å². The zero-order valence-electron chi connectivity index (χ0n) is 20.6. The fraction of sp³-hybridized carbons (Fsp3) is 0.276. The topological polar surface area (TPSA) is 89.6 Å². The first-order valence-corrected chi connectivity index (χ1v) is 13.3. The van der Waals surface area contributed by atoms with Gasteiger partial charge in [0.15, 0.2) is 11.5 Å². The van der Waals surface area contributed by atoms with Crippen LogP contribution in [0, 0.1) is 0 Å². The number of nitrogens with zero attached hydrogens (tertiary/aromatic N) is 1. The fourth-order valence-electron chi connectivity index (χ4n) is 4.60. The van der Waals surface area contributed by atoms with Crippen LogP contribution in [0.2, 0.25) is 0 Å². The smallest absolute Gasteiger partial charge is 0.270 e. The molecular formula is C29H29N3O4S. The van der Waals surface area contributed by atoms with E-state index in [0.717, 1.165) is 41.5 Å². The molecule has 5 rings (SSSR count). The molecule has 1 saturated carbocycles. The van der Waals surface area contributed by atoms with E-state index in [1.807, 2.05) is 66.7 Å². The summed E-state index contributed by atoms with van der Waals surface area (Å²) < 4.78 is 11.1. The molecule has 4 aromatic rings. The molecule has 2 N–H and O–H groups in total. The second-order valence-electron chi connectivity index (χ2n) is 9.12. The van der Waals surface area contributed by atoms with Gasteiger partial charge in [-0.15, -0.1) is 11.3 Å². The number of hydrogen-bond donors (Lipinski definition) is 2. The fourth-order valence-corrected chi connectivity index (χ4v) is 5.29. The number of amides is 2. The van der Waals surface area contributed by atoms with Gasteiger partial charge in [-0.3, -0.25) is 9.59 Å². The molecule has 2 amide bonds. The molecule has 190 valence electrons. The lowest BCUT2D eigenvalue weighted by Gasteiger charge is -2.29. The standard InChI is InChI=1S/C29H29N3O4S/c1-35-25-8-4-5-9-26(25)36-17-27-32-24(18-37-27)29(34)31-23-14-12-22(13-15-23)30-28(33)21-11-10-19-6-2-3-7-20(19)16-21/h2-11,16,18,22-23H,12-15,17H2,1H3,(H,30,33)(H,31,34). The molecule has 0 bridgehead atoms. The number of aromatic nitrogens is 1. The lowest BCUT2D eigenvalue weighted by molar-refractivity contribution is 0.0889. The summed E-state index contributed by atoms with van der Waals surface area (Å²) in [6, 6.07) is 21.4. The number of nitrogens with one attached hydrogen (secondary N) is 2. The van der Waals surface area contributed by atoms with Crippen molar-refractivity contribution in [2.45, 2.75) is 44.4 Å². The third-order valence-electron chi connectivity index (χ3n) is 6.61. The van der Waals surface area contributed by atoms with Crippen LogP contribution in [0.1, 0.15) is 51.5 Å². The highest BCUT2D eigenvalue weighted by Gasteiger charge is 2.25. The van der Waals surface area contributed by atoms with Crippen molar-refractivity contribution in [2.75, 3.05) is 7.11 Å². The molecule has 0 radical (unpaired) electrons. The molecule has 37 heavy (non-hydrogen) atoms. The van der Waals surface area contributed by atoms with Gasteiger partial charge in [-0.1, -0.05) is 42.5 Å². The molecule has 0 aliphatic heterocycles. The second-order valence-corrected chi connectivity index (χ2v) is 10.1. The number of hydrogen-bond acceptors (Lipinski definition) is 6. The Morgan fingerprint density at radius 1 is 0.865 bits per heavy atom. The van der Waals surface area contributed by atoms with Gasteiger partial charge in [0.25, 0.3) is 11.8 Å². The lowest BCUT2D eigenvalue weighted by atomic mass is 9.91. The van der Waals surface area contributed by atoms with Crippen molar-refractivity contribution in [3.8, 4) is 11.5 Å². The van der Waals surface area contributed by atoms with Crippen molar-refractivity contribution in [3.05, 3.63) is 88.4 Å². The second kappa shape index (κ2) is 11.4. The van der Waals surface area contributed by atoms with Crippen LogP contribution in [-0.2, 0) is 6.61 Å². The number of thiazole rings is 1. The summed E-state index contributed by atoms with van der Waals surface area (Å²) in [5.74, 6) is 1.06. The minimum absolute atomic E-state index is 0.0522. The number of para-hydroxylation sites is 2. The maximum absolute atomic E-state index is 12.8. The van der Waals surface area contributed by atoms with Gasteiger partial charge in [0, 0.05) is 23.0 Å². The van der Waals surface area contributed by atoms with Crippen molar-refractivity contribution < 1.29 is 19.1 Å². The predicted molar refractivity (Wildman–Crippen MR) is 144 cm³/mol. The van der Waals surface area contributed by atoms with E-state index < -0.39 is 0 Å². The monoisotopic (exact) mass is 515 g/mol. The molecule has 1 aliphatic rings. The molecule has 7 nitrogen and oxygen atoms in total. The third kappa shape index (κ3) is 6.09. The number of rotatable bonds is 8. The number of fused-ring (bicyclic) bond motifs is 1. The summed E-state index contributed by atoms with van der Waals surface area (Å²) in [5, 5.41) is 10.9. The van der Waals surface area contributed by atoms with Crippen LogP contribution >= 0.6 is 11.3 Å². The molecule has 0 saturated heterocycles. The lowest BCUT2D eigenvalue weighted by Crippen LogP contribution is -2.43. The molecular weight excluding hydrogens is 486 g/mol. The third-order valence-corrected chi connectivity index (χ3v) is 7.44. The number of ether oxygens (including phenoxy) is 2. The van der Waals surface area contributed by atoms with E-state index in [0.29, 0.717) is 22.8 Å². The Hall–Kier alpha value is -3.91. The van der Waals surface area contributed by atoms with E-state index in [4.69, 9.17) is 9.47 Å². The van der Waals surface area contributed by atoms with E-state index >= 15 is 0 Å². The average molecular weight is 516 g/mol. The highest BCUT2D eigenvalue weighted by atomic mass is 32.1. The summed E-state index contributed by atoms with van der Waals surface area (Å²) in [6.45, 7) is 0.264. The molecule has 1 aromatic heterocycles. The predicted octanol–water partition coefficient (Wildman–Crippen LogP) is 5.35. The van der Waals surface area contributed by atoms with E-state index in [2.05, 4.69) is 15.6 Å². The molecule has 0 spiro atoms. The van der Waals surface area contributed by atoms with Gasteiger partial charge in [-0.2, -0.15) is 0 Å². The summed E-state index contributed by atoms with van der Waals surface area (Å²) >= 11 is 1.39. The Morgan fingerprint density at radius 3 is 2.24 bits per heavy atom. The molecule has 0 unspecified atom stereocenters. The molecule has 1 aliphatic carbocycles. The summed E-state index contributed by atoms with van der Waals surface area (Å²) in [6.07, 6.45) is 3.25. The molecule has 0 atom stereocenters. The Balaban J connectivity index is 1.08. The molecule has 1 fully saturated rings. The Morgan fingerprint density at radius 2 is 1.51 bits per heavy atom. The SMILES string of the molecule is COc1ccccc1OCc1nc(C(=O)NC2CCC(NC(=O)c3ccc4ccccc4c3)CC2)cs1. The van der Waals surface area contributed by atoms with E-state index in [-0.39, 0.29) is 30.5 Å². The van der Waals surface area contributed by atoms with E-state index in [1.165, 1.54) is 11.3 Å². The van der Waals surface area contributed by atoms with Gasteiger partial charge in [0.05, 0.1) is 7.11 Å². The highest BCUT2D eigenvalue weighted by molar-refractivity contribution is 7.09. The number of carbonyl (C=O) groups excluding carboxylic acids is 2. The first-order chi connectivity index (χ1) is 18.1. The zero-order chi connectivity index (χ0) is 25.6. The van der Waals surface area contributed by atoms with Crippen LogP contribution in [0.3, 0.4) is 0 Å². The molecule has 3 aromatic carbocycles. The first-order valence-electron chi connectivity index (χ1n) is 12.4. The van der Waals surface area contributed by atoms with Crippen molar-refractivity contribution in [3.63, 3.8) is 0 Å². The summed E-state index contributed by atoms with van der Waals surface area (Å²) in [5.41, 5.74) is 1.07. The summed E-state index contributed by atoms with van der Waals surface area (Å²) in [4.78, 5) is 30.0. The number of carbonyl (C=O) groups is 2. The minimum atomic E-state index is -0.177. The Kier molecular flexibility index (Phi) is 7.65. The van der Waals surface area contributed by atoms with Crippen molar-refractivity contribution >= 4 is 33.9 Å². The van der Waals surface area contributed by atoms with Crippen LogP contribution < -0.4 is 20.1 Å². The van der Waals surface area contributed by atoms with Gasteiger partial charge < -0.3 is 20.1 Å². The van der Waals surface area contributed by atoms with Gasteiger partial charge >= 0.3 is 0 Å². The Labute approximate surface area is 219 Å². The van der Waals surface area contributed by atoms with E-state index in [1.54, 1.807) is 12.5 Å². The molecule has 1 heterocycles. The van der Waals surface area contributed by atoms with Gasteiger partial charge in [-0.25, -0.2) is 4.98 Å². The zero-order valence-corrected chi connectivity index (χ0v) is 21.4. The Bertz CT molecular complexity index is 1390. The number of methoxy groups -OCH3 is 1. The maximum Gasteiger partial charge on any atom is 0.270 e. The molecule has 8 heteroatoms. The van der Waals surface area contributed by atoms with Gasteiger partial charge in [-0.05, 0) is 60.7 Å². The quantitative estimate of drug-likeness (QED) is 0.330. The van der Waals surface area contributed by atoms with Gasteiger partial charge in [0.2, 0.25) is 0 Å². The highest BCUT2D eigenvalue weighted by Crippen LogP contribution is 2.27. The van der Waals surface area contributed by atoms with Crippen LogP contribution in [-0.4, -0.2) is 36.0 Å². The normalized spacial score (nSPS) is 17.2. The number of benzene rings is 3. The van der Waals surface area contributed by atoms with Crippen molar-refractivity contribution in [1.82, 2.24) is 15.6 Å². The minimum Gasteiger partial charge on any atom is -0.493 e. The van der Waals surface area contributed by atoms with Gasteiger partial charge in [0.1, 0.15) is 17.3 Å². The largest absolute Gasteiger partial charge is 0.493 e. The van der Waals surface area contributed by atoms with Crippen LogP contribution in [0.4, 0.5) is 0 Å². The summed E-state index contributed by atoms with van der Waals surface area (Å²) in [7, 11) is 1.60. The average Bonchev–Trinajstić information content (AvgIpc) is 3.42. The van der Waals surface area contributed by atoms with E-state index in [9.17, 15) is 9.59 Å². The van der Waals surface area contributed by atoms with Crippen LogP contribution in [0.15, 0.2) is 72.1 Å². The first kappa shape index (κ1) is 24.8.